The van der Waals surface area contributed by atoms with Crippen LogP contribution in [0, 0.1) is 6.92 Å². The Kier molecular flexibility index (Phi) is 2.60. The Morgan fingerprint density at radius 2 is 1.89 bits per heavy atom. The molecule has 0 aliphatic carbocycles. The molecule has 0 bridgehead atoms. The van der Waals surface area contributed by atoms with E-state index in [-0.39, 0.29) is 5.75 Å². The van der Waals surface area contributed by atoms with Crippen molar-refractivity contribution in [3.05, 3.63) is 64.5 Å². The number of aromatic hydroxyl groups is 1. The van der Waals surface area contributed by atoms with Gasteiger partial charge in [0, 0.05) is 5.56 Å². The van der Waals surface area contributed by atoms with Gasteiger partial charge in [-0.15, -0.1) is 0 Å². The predicted molar refractivity (Wildman–Crippen MR) is 74.3 cm³/mol. The first-order valence-corrected chi connectivity index (χ1v) is 5.97. The summed E-state index contributed by atoms with van der Waals surface area (Å²) < 4.78 is 5.32. The fourth-order valence-corrected chi connectivity index (χ4v) is 2.11. The first-order chi connectivity index (χ1) is 9.13. The van der Waals surface area contributed by atoms with Crippen LogP contribution in [0.4, 0.5) is 0 Å². The fourth-order valence-electron chi connectivity index (χ4n) is 2.11. The Balaban J connectivity index is 2.27. The van der Waals surface area contributed by atoms with Gasteiger partial charge in [-0.05, 0) is 36.6 Å². The van der Waals surface area contributed by atoms with Gasteiger partial charge in [-0.1, -0.05) is 29.8 Å². The summed E-state index contributed by atoms with van der Waals surface area (Å²) >= 11 is 0. The van der Waals surface area contributed by atoms with E-state index in [1.165, 1.54) is 6.07 Å². The number of rotatable bonds is 1. The lowest BCUT2D eigenvalue weighted by molar-refractivity contribution is 0.475. The number of fused-ring (bicyclic) bond motifs is 1. The van der Waals surface area contributed by atoms with E-state index in [1.807, 2.05) is 37.3 Å². The maximum Gasteiger partial charge on any atom is 0.344 e. The van der Waals surface area contributed by atoms with Gasteiger partial charge >= 0.3 is 5.63 Å². The van der Waals surface area contributed by atoms with Crippen molar-refractivity contribution in [2.75, 3.05) is 0 Å². The molecule has 0 saturated carbocycles. The second-order valence-corrected chi connectivity index (χ2v) is 4.54. The first-order valence-electron chi connectivity index (χ1n) is 5.97. The van der Waals surface area contributed by atoms with E-state index in [1.54, 1.807) is 12.1 Å². The topological polar surface area (TPSA) is 50.4 Å². The number of phenols is 1. The summed E-state index contributed by atoms with van der Waals surface area (Å²) in [6, 6.07) is 14.3. The molecule has 3 aromatic rings. The van der Waals surface area contributed by atoms with Crippen molar-refractivity contribution in [2.45, 2.75) is 6.92 Å². The molecule has 0 aliphatic rings. The van der Waals surface area contributed by atoms with Crippen molar-refractivity contribution < 1.29 is 9.52 Å². The maximum atomic E-state index is 11.9. The average Bonchev–Trinajstić information content (AvgIpc) is 2.39. The average molecular weight is 252 g/mol. The molecule has 94 valence electrons. The van der Waals surface area contributed by atoms with Crippen LogP contribution in [-0.4, -0.2) is 5.11 Å². The van der Waals surface area contributed by atoms with Crippen molar-refractivity contribution in [1.82, 2.24) is 0 Å². The van der Waals surface area contributed by atoms with Gasteiger partial charge in [0.2, 0.25) is 0 Å². The van der Waals surface area contributed by atoms with Crippen LogP contribution in [0.25, 0.3) is 22.1 Å². The van der Waals surface area contributed by atoms with Crippen LogP contribution in [0.15, 0.2) is 57.7 Å². The van der Waals surface area contributed by atoms with E-state index < -0.39 is 5.63 Å². The molecule has 3 nitrogen and oxygen atoms in total. The van der Waals surface area contributed by atoms with Crippen LogP contribution >= 0.6 is 0 Å². The highest BCUT2D eigenvalue weighted by molar-refractivity contribution is 5.85. The van der Waals surface area contributed by atoms with Crippen LogP contribution in [0.1, 0.15) is 5.56 Å². The summed E-state index contributed by atoms with van der Waals surface area (Å²) in [6.45, 7) is 1.99. The normalized spacial score (nSPS) is 10.8. The Bertz CT molecular complexity index is 816. The van der Waals surface area contributed by atoms with Crippen molar-refractivity contribution in [3.8, 4) is 17.1 Å². The SMILES string of the molecule is Cc1cccc(-c2cc3ccc(O)cc3c(=O)o2)c1. The number of phenolic OH excluding ortho intramolecular Hbond substituents is 1. The van der Waals surface area contributed by atoms with Gasteiger partial charge in [-0.25, -0.2) is 4.79 Å². The molecule has 0 fully saturated rings. The minimum atomic E-state index is -0.440. The highest BCUT2D eigenvalue weighted by atomic mass is 16.4. The van der Waals surface area contributed by atoms with Gasteiger partial charge in [-0.2, -0.15) is 0 Å². The first kappa shape index (κ1) is 11.5. The summed E-state index contributed by atoms with van der Waals surface area (Å²) in [4.78, 5) is 11.9. The molecule has 3 rings (SSSR count). The number of hydrogen-bond donors (Lipinski definition) is 1. The van der Waals surface area contributed by atoms with Gasteiger partial charge in [0.25, 0.3) is 0 Å². The summed E-state index contributed by atoms with van der Waals surface area (Å²) in [7, 11) is 0. The third-order valence-corrected chi connectivity index (χ3v) is 3.05. The lowest BCUT2D eigenvalue weighted by Gasteiger charge is -2.04. The Morgan fingerprint density at radius 1 is 1.05 bits per heavy atom. The molecule has 1 N–H and O–H groups in total. The Hall–Kier alpha value is -2.55. The molecule has 1 heterocycles. The minimum absolute atomic E-state index is 0.0584. The monoisotopic (exact) mass is 252 g/mol. The molecule has 0 aliphatic heterocycles. The number of aryl methyl sites for hydroxylation is 1. The fraction of sp³-hybridized carbons (Fsp3) is 0.0625. The Morgan fingerprint density at radius 3 is 2.68 bits per heavy atom. The molecular formula is C16H12O3. The second-order valence-electron chi connectivity index (χ2n) is 4.54. The molecule has 3 heteroatoms. The molecule has 0 atom stereocenters. The van der Waals surface area contributed by atoms with Gasteiger partial charge in [0.15, 0.2) is 0 Å². The Labute approximate surface area is 109 Å². The largest absolute Gasteiger partial charge is 0.508 e. The molecule has 2 aromatic carbocycles. The number of benzene rings is 2. The molecule has 0 amide bonds. The van der Waals surface area contributed by atoms with E-state index in [9.17, 15) is 9.90 Å². The van der Waals surface area contributed by atoms with E-state index >= 15 is 0 Å². The molecule has 19 heavy (non-hydrogen) atoms. The lowest BCUT2D eigenvalue weighted by atomic mass is 10.1. The van der Waals surface area contributed by atoms with Crippen LogP contribution < -0.4 is 5.63 Å². The minimum Gasteiger partial charge on any atom is -0.508 e. The van der Waals surface area contributed by atoms with E-state index in [2.05, 4.69) is 0 Å². The molecule has 0 saturated heterocycles. The molecule has 0 spiro atoms. The van der Waals surface area contributed by atoms with Crippen LogP contribution in [0.3, 0.4) is 0 Å². The predicted octanol–water partition coefficient (Wildman–Crippen LogP) is 3.47. The van der Waals surface area contributed by atoms with Gasteiger partial charge in [-0.3, -0.25) is 0 Å². The zero-order valence-corrected chi connectivity index (χ0v) is 10.4. The summed E-state index contributed by atoms with van der Waals surface area (Å²) in [5.41, 5.74) is 1.53. The van der Waals surface area contributed by atoms with Gasteiger partial charge in [0.1, 0.15) is 11.5 Å². The van der Waals surface area contributed by atoms with Crippen LogP contribution in [-0.2, 0) is 0 Å². The molecule has 0 unspecified atom stereocenters. The third-order valence-electron chi connectivity index (χ3n) is 3.05. The van der Waals surface area contributed by atoms with Crippen molar-refractivity contribution in [3.63, 3.8) is 0 Å². The zero-order chi connectivity index (χ0) is 13.4. The molecule has 0 radical (unpaired) electrons. The lowest BCUT2D eigenvalue weighted by Crippen LogP contribution is -2.00. The van der Waals surface area contributed by atoms with Crippen LogP contribution in [0.2, 0.25) is 0 Å². The zero-order valence-electron chi connectivity index (χ0n) is 10.4. The van der Waals surface area contributed by atoms with E-state index in [4.69, 9.17) is 4.42 Å². The van der Waals surface area contributed by atoms with Crippen molar-refractivity contribution in [2.24, 2.45) is 0 Å². The quantitative estimate of drug-likeness (QED) is 0.721. The van der Waals surface area contributed by atoms with Crippen molar-refractivity contribution >= 4 is 10.8 Å². The standard InChI is InChI=1S/C16H12O3/c1-10-3-2-4-12(7-10)15-8-11-5-6-13(17)9-14(11)16(18)19-15/h2-9,17H,1H3. The van der Waals surface area contributed by atoms with Crippen LogP contribution in [0.5, 0.6) is 5.75 Å². The smallest absolute Gasteiger partial charge is 0.344 e. The van der Waals surface area contributed by atoms with E-state index in [0.29, 0.717) is 11.1 Å². The summed E-state index contributed by atoms with van der Waals surface area (Å²) in [5, 5.41) is 10.5. The van der Waals surface area contributed by atoms with Gasteiger partial charge in [0.05, 0.1) is 5.39 Å². The summed E-state index contributed by atoms with van der Waals surface area (Å²) in [6.07, 6.45) is 0. The third kappa shape index (κ3) is 2.10. The maximum absolute atomic E-state index is 11.9. The number of hydrogen-bond acceptors (Lipinski definition) is 3. The second kappa shape index (κ2) is 4.28. The van der Waals surface area contributed by atoms with E-state index in [0.717, 1.165) is 16.5 Å². The van der Waals surface area contributed by atoms with Gasteiger partial charge < -0.3 is 9.52 Å². The van der Waals surface area contributed by atoms with Crippen molar-refractivity contribution in [1.29, 1.82) is 0 Å². The summed E-state index contributed by atoms with van der Waals surface area (Å²) in [5.74, 6) is 0.593. The molecular weight excluding hydrogens is 240 g/mol. The highest BCUT2D eigenvalue weighted by Crippen LogP contribution is 2.24. The highest BCUT2D eigenvalue weighted by Gasteiger charge is 2.07. The molecule has 1 aromatic heterocycles.